The molecule has 0 spiro atoms. The third-order valence-electron chi connectivity index (χ3n) is 1.91. The van der Waals surface area contributed by atoms with Gasteiger partial charge in [-0.1, -0.05) is 0 Å². The van der Waals surface area contributed by atoms with Crippen LogP contribution in [0.1, 0.15) is 17.5 Å². The number of hydrogen-bond donors (Lipinski definition) is 1. The first kappa shape index (κ1) is 12.5. The molecule has 0 atom stereocenters. The van der Waals surface area contributed by atoms with Crippen LogP contribution in [0.3, 0.4) is 0 Å². The Bertz CT molecular complexity index is 398. The number of carboxylic acid groups (broad SMARTS) is 1. The van der Waals surface area contributed by atoms with Crippen molar-refractivity contribution in [3.05, 3.63) is 35.1 Å². The van der Waals surface area contributed by atoms with Crippen molar-refractivity contribution in [3.8, 4) is 0 Å². The van der Waals surface area contributed by atoms with E-state index < -0.39 is 23.5 Å². The zero-order valence-electron chi connectivity index (χ0n) is 8.01. The van der Waals surface area contributed by atoms with Crippen LogP contribution < -0.4 is 0 Å². The van der Waals surface area contributed by atoms with Crippen LogP contribution in [0.4, 0.5) is 17.6 Å². The second-order valence-corrected chi connectivity index (χ2v) is 3.24. The number of rotatable bonds is 3. The topological polar surface area (TPSA) is 37.3 Å². The molecule has 16 heavy (non-hydrogen) atoms. The van der Waals surface area contributed by atoms with E-state index in [0.717, 1.165) is 12.1 Å². The van der Waals surface area contributed by atoms with Crippen molar-refractivity contribution in [1.82, 2.24) is 0 Å². The molecule has 88 valence electrons. The average molecular weight is 236 g/mol. The minimum absolute atomic E-state index is 0.0229. The Morgan fingerprint density at radius 3 is 2.38 bits per heavy atom. The largest absolute Gasteiger partial charge is 0.481 e. The Balaban J connectivity index is 2.94. The molecule has 0 fully saturated rings. The zero-order chi connectivity index (χ0) is 12.3. The number of alkyl halides is 3. The molecule has 1 aromatic rings. The maximum Gasteiger partial charge on any atom is 0.416 e. The van der Waals surface area contributed by atoms with Crippen LogP contribution in [-0.2, 0) is 17.4 Å². The number of halogens is 4. The molecule has 0 aliphatic carbocycles. The van der Waals surface area contributed by atoms with Crippen molar-refractivity contribution in [2.75, 3.05) is 0 Å². The Labute approximate surface area is 88.5 Å². The third kappa shape index (κ3) is 3.52. The second-order valence-electron chi connectivity index (χ2n) is 3.24. The Morgan fingerprint density at radius 2 is 1.88 bits per heavy atom. The van der Waals surface area contributed by atoms with Crippen LogP contribution in [0, 0.1) is 5.82 Å². The first-order valence-corrected chi connectivity index (χ1v) is 4.37. The van der Waals surface area contributed by atoms with E-state index in [2.05, 4.69) is 0 Å². The fourth-order valence-corrected chi connectivity index (χ4v) is 1.21. The van der Waals surface area contributed by atoms with E-state index in [0.29, 0.717) is 6.07 Å². The maximum absolute atomic E-state index is 12.8. The number of hydrogen-bond acceptors (Lipinski definition) is 1. The van der Waals surface area contributed by atoms with Gasteiger partial charge in [0.1, 0.15) is 5.82 Å². The van der Waals surface area contributed by atoms with Crippen molar-refractivity contribution in [3.63, 3.8) is 0 Å². The second kappa shape index (κ2) is 4.51. The highest BCUT2D eigenvalue weighted by Gasteiger charge is 2.31. The normalized spacial score (nSPS) is 11.5. The molecule has 0 saturated heterocycles. The Hall–Kier alpha value is -1.59. The highest BCUT2D eigenvalue weighted by atomic mass is 19.4. The number of benzene rings is 1. The summed E-state index contributed by atoms with van der Waals surface area (Å²) in [6.07, 6.45) is -5.09. The summed E-state index contributed by atoms with van der Waals surface area (Å²) in [6.45, 7) is 0. The number of aliphatic carboxylic acids is 1. The SMILES string of the molecule is O=C(O)CCc1cc(F)cc(C(F)(F)F)c1. The number of carbonyl (C=O) groups is 1. The molecule has 2 nitrogen and oxygen atoms in total. The molecule has 1 aromatic carbocycles. The molecule has 0 aromatic heterocycles. The van der Waals surface area contributed by atoms with Crippen LogP contribution in [0.15, 0.2) is 18.2 Å². The Morgan fingerprint density at radius 1 is 1.25 bits per heavy atom. The van der Waals surface area contributed by atoms with Gasteiger partial charge in [0.25, 0.3) is 0 Å². The average Bonchev–Trinajstić information content (AvgIpc) is 2.12. The first-order valence-electron chi connectivity index (χ1n) is 4.37. The highest BCUT2D eigenvalue weighted by molar-refractivity contribution is 5.67. The molecule has 0 aliphatic heterocycles. The lowest BCUT2D eigenvalue weighted by Crippen LogP contribution is -2.07. The zero-order valence-corrected chi connectivity index (χ0v) is 8.01. The summed E-state index contributed by atoms with van der Waals surface area (Å²) in [7, 11) is 0. The predicted octanol–water partition coefficient (Wildman–Crippen LogP) is 2.86. The summed E-state index contributed by atoms with van der Waals surface area (Å²) >= 11 is 0. The molecule has 0 amide bonds. The van der Waals surface area contributed by atoms with Gasteiger partial charge in [0, 0.05) is 6.42 Å². The molecule has 1 rings (SSSR count). The highest BCUT2D eigenvalue weighted by Crippen LogP contribution is 2.30. The van der Waals surface area contributed by atoms with E-state index in [1.807, 2.05) is 0 Å². The van der Waals surface area contributed by atoms with Gasteiger partial charge in [-0.05, 0) is 30.2 Å². The van der Waals surface area contributed by atoms with Crippen molar-refractivity contribution < 1.29 is 27.5 Å². The van der Waals surface area contributed by atoms with E-state index in [1.54, 1.807) is 0 Å². The van der Waals surface area contributed by atoms with E-state index in [-0.39, 0.29) is 18.4 Å². The van der Waals surface area contributed by atoms with Crippen molar-refractivity contribution in [2.45, 2.75) is 19.0 Å². The van der Waals surface area contributed by atoms with Gasteiger partial charge in [0.2, 0.25) is 0 Å². The van der Waals surface area contributed by atoms with Crippen LogP contribution in [0.25, 0.3) is 0 Å². The van der Waals surface area contributed by atoms with E-state index in [9.17, 15) is 22.4 Å². The molecule has 1 N–H and O–H groups in total. The standard InChI is InChI=1S/C10H8F4O2/c11-8-4-6(1-2-9(15)16)3-7(5-8)10(12,13)14/h3-5H,1-2H2,(H,15,16). The summed E-state index contributed by atoms with van der Waals surface area (Å²) in [5.74, 6) is -2.16. The van der Waals surface area contributed by atoms with Crippen molar-refractivity contribution in [1.29, 1.82) is 0 Å². The van der Waals surface area contributed by atoms with Crippen molar-refractivity contribution >= 4 is 5.97 Å². The molecule has 0 radical (unpaired) electrons. The molecular weight excluding hydrogens is 228 g/mol. The van der Waals surface area contributed by atoms with E-state index in [4.69, 9.17) is 5.11 Å². The van der Waals surface area contributed by atoms with E-state index >= 15 is 0 Å². The van der Waals surface area contributed by atoms with Crippen LogP contribution in [0.5, 0.6) is 0 Å². The third-order valence-corrected chi connectivity index (χ3v) is 1.91. The Kier molecular flexibility index (Phi) is 3.51. The molecule has 0 saturated carbocycles. The quantitative estimate of drug-likeness (QED) is 0.819. The van der Waals surface area contributed by atoms with Crippen LogP contribution >= 0.6 is 0 Å². The monoisotopic (exact) mass is 236 g/mol. The smallest absolute Gasteiger partial charge is 0.416 e. The fraction of sp³-hybridized carbons (Fsp3) is 0.300. The first-order chi connectivity index (χ1) is 7.29. The van der Waals surface area contributed by atoms with E-state index in [1.165, 1.54) is 0 Å². The molecule has 0 bridgehead atoms. The van der Waals surface area contributed by atoms with Gasteiger partial charge in [-0.25, -0.2) is 4.39 Å². The van der Waals surface area contributed by atoms with Gasteiger partial charge < -0.3 is 5.11 Å². The molecule has 0 heterocycles. The van der Waals surface area contributed by atoms with Gasteiger partial charge in [0.05, 0.1) is 5.56 Å². The minimum Gasteiger partial charge on any atom is -0.481 e. The van der Waals surface area contributed by atoms with Gasteiger partial charge in [-0.3, -0.25) is 4.79 Å². The van der Waals surface area contributed by atoms with Gasteiger partial charge >= 0.3 is 12.1 Å². The van der Waals surface area contributed by atoms with Crippen molar-refractivity contribution in [2.24, 2.45) is 0 Å². The maximum atomic E-state index is 12.8. The van der Waals surface area contributed by atoms with Crippen LogP contribution in [0.2, 0.25) is 0 Å². The van der Waals surface area contributed by atoms with Gasteiger partial charge in [-0.15, -0.1) is 0 Å². The van der Waals surface area contributed by atoms with Gasteiger partial charge in [0.15, 0.2) is 0 Å². The lowest BCUT2D eigenvalue weighted by Gasteiger charge is -2.08. The number of carboxylic acids is 1. The summed E-state index contributed by atoms with van der Waals surface area (Å²) in [5.41, 5.74) is -1.08. The lowest BCUT2D eigenvalue weighted by molar-refractivity contribution is -0.138. The number of aryl methyl sites for hydroxylation is 1. The summed E-state index contributed by atoms with van der Waals surface area (Å²) in [5, 5.41) is 8.36. The summed E-state index contributed by atoms with van der Waals surface area (Å²) in [4.78, 5) is 10.2. The lowest BCUT2D eigenvalue weighted by atomic mass is 10.1. The predicted molar refractivity (Wildman–Crippen MR) is 47.4 cm³/mol. The summed E-state index contributed by atoms with van der Waals surface area (Å²) < 4.78 is 49.6. The minimum atomic E-state index is -4.62. The van der Waals surface area contributed by atoms with Crippen LogP contribution in [-0.4, -0.2) is 11.1 Å². The molecule has 0 unspecified atom stereocenters. The summed E-state index contributed by atoms with van der Waals surface area (Å²) in [6, 6.07) is 2.04. The molecule has 6 heteroatoms. The fourth-order valence-electron chi connectivity index (χ4n) is 1.21. The molecular formula is C10H8F4O2. The van der Waals surface area contributed by atoms with Gasteiger partial charge in [-0.2, -0.15) is 13.2 Å². The molecule has 0 aliphatic rings.